The fourth-order valence-corrected chi connectivity index (χ4v) is 0.235. The monoisotopic (exact) mass is 110 g/mol. The van der Waals surface area contributed by atoms with Gasteiger partial charge in [0.05, 0.1) is 0 Å². The Kier molecular flexibility index (Phi) is 2.38. The third-order valence-electron chi connectivity index (χ3n) is 0.625. The van der Waals surface area contributed by atoms with Crippen molar-refractivity contribution >= 4 is 5.97 Å². The number of carboxylic acids is 1. The molecule has 0 spiro atoms. The molecule has 2 heteroatoms. The zero-order valence-electron chi connectivity index (χ0n) is 4.35. The first-order chi connectivity index (χ1) is 3.72. The summed E-state index contributed by atoms with van der Waals surface area (Å²) >= 11 is 0. The van der Waals surface area contributed by atoms with Gasteiger partial charge in [0, 0.05) is 0 Å². The Balaban J connectivity index is 4.37. The molecule has 0 rings (SSSR count). The van der Waals surface area contributed by atoms with Crippen LogP contribution >= 0.6 is 0 Å². The number of carbonyl (C=O) groups is 1. The normalized spacial score (nSPS) is 7.00. The molecule has 0 amide bonds. The van der Waals surface area contributed by atoms with Crippen molar-refractivity contribution in [3.05, 3.63) is 30.5 Å². The van der Waals surface area contributed by atoms with Crippen LogP contribution in [0.15, 0.2) is 30.5 Å². The summed E-state index contributed by atoms with van der Waals surface area (Å²) in [4.78, 5) is 9.95. The van der Waals surface area contributed by atoms with Gasteiger partial charge in [0.15, 0.2) is 0 Å². The Morgan fingerprint density at radius 3 is 2.25 bits per heavy atom. The van der Waals surface area contributed by atoms with Gasteiger partial charge in [-0.25, -0.2) is 4.79 Å². The number of rotatable bonds is 2. The van der Waals surface area contributed by atoms with Gasteiger partial charge in [-0.3, -0.25) is 0 Å². The van der Waals surface area contributed by atoms with Crippen molar-refractivity contribution in [3.63, 3.8) is 0 Å². The summed E-state index contributed by atoms with van der Waals surface area (Å²) < 4.78 is 0. The summed E-state index contributed by atoms with van der Waals surface area (Å²) in [5.41, 5.74) is 2.20. The van der Waals surface area contributed by atoms with Gasteiger partial charge in [-0.15, -0.1) is 5.73 Å². The van der Waals surface area contributed by atoms with Gasteiger partial charge in [0.1, 0.15) is 5.57 Å². The molecule has 0 aliphatic carbocycles. The van der Waals surface area contributed by atoms with Crippen LogP contribution in [0.3, 0.4) is 0 Å². The summed E-state index contributed by atoms with van der Waals surface area (Å²) in [6.07, 6.45) is 1.19. The minimum atomic E-state index is -1.05. The molecule has 0 aromatic carbocycles. The van der Waals surface area contributed by atoms with E-state index in [2.05, 4.69) is 18.9 Å². The molecule has 0 radical (unpaired) electrons. The predicted molar refractivity (Wildman–Crippen MR) is 30.5 cm³/mol. The molecule has 42 valence electrons. The second kappa shape index (κ2) is 2.83. The molecule has 0 aliphatic heterocycles. The SMILES string of the molecule is C=C=C(C=C)C(=O)O. The van der Waals surface area contributed by atoms with Gasteiger partial charge in [-0.05, 0) is 6.08 Å². The van der Waals surface area contributed by atoms with E-state index in [1.165, 1.54) is 6.08 Å². The maximum atomic E-state index is 9.95. The van der Waals surface area contributed by atoms with Crippen molar-refractivity contribution in [2.75, 3.05) is 0 Å². The summed E-state index contributed by atoms with van der Waals surface area (Å²) in [6.45, 7) is 6.37. The van der Waals surface area contributed by atoms with Crippen LogP contribution in [-0.4, -0.2) is 11.1 Å². The molecule has 0 aromatic rings. The summed E-state index contributed by atoms with van der Waals surface area (Å²) in [5.74, 6) is -1.05. The van der Waals surface area contributed by atoms with Crippen molar-refractivity contribution in [2.24, 2.45) is 0 Å². The number of hydrogen-bond donors (Lipinski definition) is 1. The predicted octanol–water partition coefficient (Wildman–Crippen LogP) is 0.968. The molecule has 0 saturated heterocycles. The second-order valence-corrected chi connectivity index (χ2v) is 1.10. The third-order valence-corrected chi connectivity index (χ3v) is 0.625. The van der Waals surface area contributed by atoms with E-state index in [9.17, 15) is 4.79 Å². The largest absolute Gasteiger partial charge is 0.477 e. The van der Waals surface area contributed by atoms with Crippen molar-refractivity contribution in [2.45, 2.75) is 0 Å². The Labute approximate surface area is 47.5 Å². The first kappa shape index (κ1) is 6.73. The van der Waals surface area contributed by atoms with E-state index in [0.29, 0.717) is 0 Å². The molecule has 0 aliphatic rings. The molecule has 0 bridgehead atoms. The van der Waals surface area contributed by atoms with Gasteiger partial charge in [0.25, 0.3) is 0 Å². The number of aliphatic carboxylic acids is 1. The van der Waals surface area contributed by atoms with E-state index >= 15 is 0 Å². The van der Waals surface area contributed by atoms with Crippen LogP contribution in [0, 0.1) is 0 Å². The highest BCUT2D eigenvalue weighted by Gasteiger charge is 1.96. The van der Waals surface area contributed by atoms with E-state index in [-0.39, 0.29) is 5.57 Å². The standard InChI is InChI=1S/C6H6O2/c1-3-5(4-2)6(7)8/h3H,1-2H2,(H,7,8). The smallest absolute Gasteiger partial charge is 0.343 e. The molecule has 0 heterocycles. The Morgan fingerprint density at radius 2 is 2.25 bits per heavy atom. The third kappa shape index (κ3) is 1.45. The fourth-order valence-electron chi connectivity index (χ4n) is 0.235. The van der Waals surface area contributed by atoms with Gasteiger partial charge >= 0.3 is 5.97 Å². The van der Waals surface area contributed by atoms with Crippen LogP contribution in [0.25, 0.3) is 0 Å². The van der Waals surface area contributed by atoms with E-state index in [1.807, 2.05) is 0 Å². The Hall–Kier alpha value is -1.27. The van der Waals surface area contributed by atoms with Crippen molar-refractivity contribution in [1.82, 2.24) is 0 Å². The van der Waals surface area contributed by atoms with E-state index < -0.39 is 5.97 Å². The molecule has 0 saturated carbocycles. The molecule has 0 aromatic heterocycles. The minimum Gasteiger partial charge on any atom is -0.477 e. The first-order valence-electron chi connectivity index (χ1n) is 1.98. The van der Waals surface area contributed by atoms with Crippen LogP contribution in [0.2, 0.25) is 0 Å². The quantitative estimate of drug-likeness (QED) is 0.326. The molecular weight excluding hydrogens is 104 g/mol. The molecular formula is C6H6O2. The molecule has 8 heavy (non-hydrogen) atoms. The van der Waals surface area contributed by atoms with E-state index in [0.717, 1.165) is 0 Å². The zero-order valence-corrected chi connectivity index (χ0v) is 4.35. The minimum absolute atomic E-state index is 0.00463. The van der Waals surface area contributed by atoms with Crippen LogP contribution < -0.4 is 0 Å². The number of hydrogen-bond acceptors (Lipinski definition) is 1. The lowest BCUT2D eigenvalue weighted by molar-refractivity contribution is -0.132. The molecule has 0 atom stereocenters. The van der Waals surface area contributed by atoms with Gasteiger partial charge in [0.2, 0.25) is 0 Å². The summed E-state index contributed by atoms with van der Waals surface area (Å²) in [5, 5.41) is 8.16. The second-order valence-electron chi connectivity index (χ2n) is 1.10. The van der Waals surface area contributed by atoms with E-state index in [1.54, 1.807) is 0 Å². The summed E-state index contributed by atoms with van der Waals surface area (Å²) in [6, 6.07) is 0. The molecule has 1 N–H and O–H groups in total. The van der Waals surface area contributed by atoms with Crippen molar-refractivity contribution in [1.29, 1.82) is 0 Å². The lowest BCUT2D eigenvalue weighted by atomic mass is 10.3. The van der Waals surface area contributed by atoms with Crippen LogP contribution in [0.4, 0.5) is 0 Å². The molecule has 2 nitrogen and oxygen atoms in total. The highest BCUT2D eigenvalue weighted by molar-refractivity contribution is 5.89. The first-order valence-corrected chi connectivity index (χ1v) is 1.98. The average molecular weight is 110 g/mol. The topological polar surface area (TPSA) is 37.3 Å². The molecule has 0 fully saturated rings. The van der Waals surface area contributed by atoms with Crippen molar-refractivity contribution in [3.8, 4) is 0 Å². The average Bonchev–Trinajstić information content (AvgIpc) is 1.69. The summed E-state index contributed by atoms with van der Waals surface area (Å²) in [7, 11) is 0. The van der Waals surface area contributed by atoms with Crippen LogP contribution in [0.5, 0.6) is 0 Å². The Morgan fingerprint density at radius 1 is 1.75 bits per heavy atom. The fraction of sp³-hybridized carbons (Fsp3) is 0. The van der Waals surface area contributed by atoms with Gasteiger partial charge in [-0.2, -0.15) is 0 Å². The van der Waals surface area contributed by atoms with Gasteiger partial charge < -0.3 is 5.11 Å². The van der Waals surface area contributed by atoms with Gasteiger partial charge in [-0.1, -0.05) is 13.2 Å². The Bertz CT molecular complexity index is 161. The lowest BCUT2D eigenvalue weighted by Gasteiger charge is -1.82. The zero-order chi connectivity index (χ0) is 6.57. The number of carboxylic acid groups (broad SMARTS) is 1. The highest BCUT2D eigenvalue weighted by Crippen LogP contribution is 1.89. The van der Waals surface area contributed by atoms with Crippen molar-refractivity contribution < 1.29 is 9.90 Å². The maximum absolute atomic E-state index is 9.95. The van der Waals surface area contributed by atoms with Crippen LogP contribution in [0.1, 0.15) is 0 Å². The lowest BCUT2D eigenvalue weighted by Crippen LogP contribution is -1.94. The van der Waals surface area contributed by atoms with E-state index in [4.69, 9.17) is 5.11 Å². The highest BCUT2D eigenvalue weighted by atomic mass is 16.4. The van der Waals surface area contributed by atoms with Crippen LogP contribution in [-0.2, 0) is 4.79 Å². The molecule has 0 unspecified atom stereocenters. The maximum Gasteiger partial charge on any atom is 0.343 e.